The second kappa shape index (κ2) is 4.74. The molecule has 0 spiro atoms. The molecule has 3 N–H and O–H groups in total. The lowest BCUT2D eigenvalue weighted by molar-refractivity contribution is 0.0545. The molecule has 0 unspecified atom stereocenters. The van der Waals surface area contributed by atoms with Crippen LogP contribution in [0.3, 0.4) is 0 Å². The van der Waals surface area contributed by atoms with Crippen molar-refractivity contribution >= 4 is 6.09 Å². The van der Waals surface area contributed by atoms with Crippen molar-refractivity contribution in [1.29, 1.82) is 0 Å². The zero-order valence-corrected chi connectivity index (χ0v) is 8.68. The van der Waals surface area contributed by atoms with E-state index in [0.717, 1.165) is 6.42 Å². The monoisotopic (exact) mass is 186 g/mol. The van der Waals surface area contributed by atoms with E-state index >= 15 is 0 Å². The lowest BCUT2D eigenvalue weighted by Crippen LogP contribution is -2.34. The first-order chi connectivity index (χ1) is 5.85. The van der Waals surface area contributed by atoms with Crippen molar-refractivity contribution in [2.24, 2.45) is 5.73 Å². The van der Waals surface area contributed by atoms with Crippen molar-refractivity contribution in [1.82, 2.24) is 5.32 Å². The maximum absolute atomic E-state index is 11.1. The Morgan fingerprint density at radius 2 is 2.08 bits per heavy atom. The summed E-state index contributed by atoms with van der Waals surface area (Å²) in [4.78, 5) is 11.1. The van der Waals surface area contributed by atoms with Crippen molar-refractivity contribution in [3.8, 4) is 0 Å². The van der Waals surface area contributed by atoms with Crippen molar-refractivity contribution in [3.63, 3.8) is 0 Å². The van der Waals surface area contributed by atoms with Crippen LogP contribution in [0.1, 0.15) is 34.1 Å². The Morgan fingerprint density at radius 1 is 1.54 bits per heavy atom. The fraction of sp³-hybridized carbons (Fsp3) is 0.667. The average molecular weight is 186 g/mol. The normalized spacial score (nSPS) is 12.5. The van der Waals surface area contributed by atoms with Gasteiger partial charge in [0.25, 0.3) is 0 Å². The molecule has 0 atom stereocenters. The lowest BCUT2D eigenvalue weighted by atomic mass is 10.2. The first kappa shape index (κ1) is 11.8. The van der Waals surface area contributed by atoms with Gasteiger partial charge in [0.05, 0.1) is 0 Å². The molecule has 0 aliphatic rings. The summed E-state index contributed by atoms with van der Waals surface area (Å²) in [6, 6.07) is 0. The zero-order chi connectivity index (χ0) is 10.5. The summed E-state index contributed by atoms with van der Waals surface area (Å²) in [6.07, 6.45) is 1.97. The number of nitrogens with one attached hydrogen (secondary N) is 1. The van der Waals surface area contributed by atoms with E-state index in [0.29, 0.717) is 5.82 Å². The smallest absolute Gasteiger partial charge is 0.413 e. The van der Waals surface area contributed by atoms with Crippen LogP contribution in [0, 0.1) is 0 Å². The van der Waals surface area contributed by atoms with E-state index in [-0.39, 0.29) is 0 Å². The van der Waals surface area contributed by atoms with Crippen LogP contribution in [0.25, 0.3) is 0 Å². The third-order valence-corrected chi connectivity index (χ3v) is 1.07. The van der Waals surface area contributed by atoms with Gasteiger partial charge in [-0.1, -0.05) is 6.92 Å². The van der Waals surface area contributed by atoms with Crippen molar-refractivity contribution in [2.75, 3.05) is 0 Å². The molecule has 0 aromatic rings. The minimum atomic E-state index is -0.519. The third kappa shape index (κ3) is 7.18. The van der Waals surface area contributed by atoms with E-state index < -0.39 is 11.7 Å². The number of amides is 1. The van der Waals surface area contributed by atoms with Gasteiger partial charge in [0, 0.05) is 0 Å². The van der Waals surface area contributed by atoms with E-state index in [1.165, 1.54) is 0 Å². The fourth-order valence-corrected chi connectivity index (χ4v) is 0.692. The molecule has 0 aliphatic heterocycles. The molecule has 0 fully saturated rings. The molecule has 13 heavy (non-hydrogen) atoms. The van der Waals surface area contributed by atoms with Crippen LogP contribution >= 0.6 is 0 Å². The maximum atomic E-state index is 11.1. The molecular formula is C9H18N2O2. The lowest BCUT2D eigenvalue weighted by Gasteiger charge is -2.19. The quantitative estimate of drug-likeness (QED) is 0.690. The number of hydrogen-bond acceptors (Lipinski definition) is 3. The summed E-state index contributed by atoms with van der Waals surface area (Å²) in [5, 5.41) is 2.42. The molecule has 76 valence electrons. The minimum absolute atomic E-state index is 0.330. The van der Waals surface area contributed by atoms with Crippen molar-refractivity contribution in [2.45, 2.75) is 39.7 Å². The molecule has 4 heteroatoms. The fourth-order valence-electron chi connectivity index (χ4n) is 0.692. The summed E-state index contributed by atoms with van der Waals surface area (Å²) in [6.45, 7) is 7.33. The Labute approximate surface area is 79.1 Å². The van der Waals surface area contributed by atoms with E-state index in [2.05, 4.69) is 5.32 Å². The SMILES string of the molecule is CC/C=C(\N)NC(=O)OC(C)(C)C. The van der Waals surface area contributed by atoms with Crippen LogP contribution in [0.4, 0.5) is 4.79 Å². The number of allylic oxidation sites excluding steroid dienone is 1. The summed E-state index contributed by atoms with van der Waals surface area (Å²) < 4.78 is 4.98. The Hall–Kier alpha value is -1.19. The van der Waals surface area contributed by atoms with Crippen molar-refractivity contribution in [3.05, 3.63) is 11.9 Å². The topological polar surface area (TPSA) is 64.3 Å². The predicted molar refractivity (Wildman–Crippen MR) is 51.9 cm³/mol. The molecule has 0 bridgehead atoms. The Kier molecular flexibility index (Phi) is 4.31. The van der Waals surface area contributed by atoms with Crippen LogP contribution in [-0.2, 0) is 4.74 Å². The van der Waals surface area contributed by atoms with Crippen molar-refractivity contribution < 1.29 is 9.53 Å². The first-order valence-corrected chi connectivity index (χ1v) is 4.31. The molecule has 4 nitrogen and oxygen atoms in total. The van der Waals surface area contributed by atoms with Gasteiger partial charge in [0.2, 0.25) is 0 Å². The summed E-state index contributed by atoms with van der Waals surface area (Å²) >= 11 is 0. The number of rotatable bonds is 2. The number of hydrogen-bond donors (Lipinski definition) is 2. The number of carbonyl (C=O) groups excluding carboxylic acids is 1. The molecule has 1 amide bonds. The van der Waals surface area contributed by atoms with E-state index in [1.807, 2.05) is 6.92 Å². The number of nitrogens with two attached hydrogens (primary N) is 1. The standard InChI is InChI=1S/C9H18N2O2/c1-5-6-7(10)11-8(12)13-9(2,3)4/h6H,5,10H2,1-4H3,(H,11,12)/b7-6+. The number of carbonyl (C=O) groups is 1. The Morgan fingerprint density at radius 3 is 2.46 bits per heavy atom. The molecule has 0 saturated carbocycles. The molecule has 0 aromatic carbocycles. The van der Waals surface area contributed by atoms with Gasteiger partial charge in [-0.25, -0.2) is 4.79 Å². The van der Waals surface area contributed by atoms with Crippen LogP contribution in [0.2, 0.25) is 0 Å². The van der Waals surface area contributed by atoms with Gasteiger partial charge in [-0.2, -0.15) is 0 Å². The van der Waals surface area contributed by atoms with Crippen LogP contribution in [0.5, 0.6) is 0 Å². The van der Waals surface area contributed by atoms with Crippen LogP contribution < -0.4 is 11.1 Å². The summed E-state index contributed by atoms with van der Waals surface area (Å²) in [7, 11) is 0. The van der Waals surface area contributed by atoms with E-state index in [4.69, 9.17) is 10.5 Å². The van der Waals surface area contributed by atoms with Gasteiger partial charge < -0.3 is 10.5 Å². The highest BCUT2D eigenvalue weighted by Gasteiger charge is 2.15. The van der Waals surface area contributed by atoms with Crippen LogP contribution in [0.15, 0.2) is 11.9 Å². The van der Waals surface area contributed by atoms with E-state index in [1.54, 1.807) is 26.8 Å². The summed E-state index contributed by atoms with van der Waals surface area (Å²) in [5.41, 5.74) is 4.96. The zero-order valence-electron chi connectivity index (χ0n) is 8.68. The van der Waals surface area contributed by atoms with Gasteiger partial charge >= 0.3 is 6.09 Å². The van der Waals surface area contributed by atoms with Crippen LogP contribution in [-0.4, -0.2) is 11.7 Å². The van der Waals surface area contributed by atoms with Gasteiger partial charge in [-0.15, -0.1) is 0 Å². The van der Waals surface area contributed by atoms with Gasteiger partial charge in [-0.05, 0) is 33.3 Å². The van der Waals surface area contributed by atoms with Gasteiger partial charge in [0.15, 0.2) is 0 Å². The highest BCUT2D eigenvalue weighted by Crippen LogP contribution is 2.06. The summed E-state index contributed by atoms with van der Waals surface area (Å²) in [5.74, 6) is 0.330. The molecule has 0 radical (unpaired) electrons. The maximum Gasteiger partial charge on any atom is 0.413 e. The first-order valence-electron chi connectivity index (χ1n) is 4.31. The molecule has 0 rings (SSSR count). The highest BCUT2D eigenvalue weighted by molar-refractivity contribution is 5.69. The van der Waals surface area contributed by atoms with E-state index in [9.17, 15) is 4.79 Å². The highest BCUT2D eigenvalue weighted by atomic mass is 16.6. The van der Waals surface area contributed by atoms with Gasteiger partial charge in [-0.3, -0.25) is 5.32 Å². The molecule has 0 saturated heterocycles. The molecule has 0 heterocycles. The second-order valence-corrected chi connectivity index (χ2v) is 3.69. The predicted octanol–water partition coefficient (Wildman–Crippen LogP) is 1.72. The minimum Gasteiger partial charge on any atom is -0.444 e. The largest absolute Gasteiger partial charge is 0.444 e. The Balaban J connectivity index is 3.96. The molecule has 0 aliphatic carbocycles. The number of alkyl carbamates (subject to hydrolysis) is 1. The molecular weight excluding hydrogens is 168 g/mol. The number of ether oxygens (including phenoxy) is 1. The average Bonchev–Trinajstić information content (AvgIpc) is 1.81. The molecule has 0 aromatic heterocycles. The Bertz CT molecular complexity index is 204. The second-order valence-electron chi connectivity index (χ2n) is 3.69. The third-order valence-electron chi connectivity index (χ3n) is 1.07. The van der Waals surface area contributed by atoms with Gasteiger partial charge in [0.1, 0.15) is 11.4 Å².